The number of carboxylic acid groups (broad SMARTS) is 1. The molecule has 0 aliphatic heterocycles. The first-order valence-electron chi connectivity index (χ1n) is 20.3. The topological polar surface area (TPSA) is 184 Å². The summed E-state index contributed by atoms with van der Waals surface area (Å²) >= 11 is 0. The molecule has 59 heavy (non-hydrogen) atoms. The third kappa shape index (κ3) is 20.9. The maximum absolute atomic E-state index is 13.5. The van der Waals surface area contributed by atoms with Crippen molar-refractivity contribution in [2.75, 3.05) is 35.3 Å². The van der Waals surface area contributed by atoms with E-state index in [0.717, 1.165) is 12.7 Å². The van der Waals surface area contributed by atoms with Gasteiger partial charge in [0.2, 0.25) is 11.8 Å². The van der Waals surface area contributed by atoms with Crippen molar-refractivity contribution in [1.29, 1.82) is 0 Å². The van der Waals surface area contributed by atoms with Crippen molar-refractivity contribution in [3.8, 4) is 0 Å². The molecule has 4 amide bonds. The number of likely N-dealkylation sites (N-methyl/N-ethyl adjacent to an activating group) is 4. The molecule has 0 saturated heterocycles. The fourth-order valence-electron chi connectivity index (χ4n) is 6.00. The molecule has 1 aromatic rings. The van der Waals surface area contributed by atoms with Gasteiger partial charge in [-0.05, 0) is 83.6 Å². The molecule has 15 heteroatoms. The number of carbonyl (C=O) groups is 6. The Balaban J connectivity index is 0. The van der Waals surface area contributed by atoms with E-state index in [1.807, 2.05) is 71.9 Å². The summed E-state index contributed by atoms with van der Waals surface area (Å²) in [6.07, 6.45) is -0.305. The number of benzene rings is 1. The van der Waals surface area contributed by atoms with Gasteiger partial charge in [-0.1, -0.05) is 85.7 Å². The fourth-order valence-corrected chi connectivity index (χ4v) is 6.00. The van der Waals surface area contributed by atoms with E-state index in [1.165, 1.54) is 33.7 Å². The summed E-state index contributed by atoms with van der Waals surface area (Å²) in [5, 5.41) is 16.4. The second-order valence-electron chi connectivity index (χ2n) is 18.2. The first kappa shape index (κ1) is 56.7. The highest BCUT2D eigenvalue weighted by molar-refractivity contribution is 5.90. The van der Waals surface area contributed by atoms with E-state index in [-0.39, 0.29) is 36.2 Å². The number of aliphatic carboxylic acids is 1. The van der Waals surface area contributed by atoms with E-state index in [2.05, 4.69) is 0 Å². The lowest BCUT2D eigenvalue weighted by Gasteiger charge is -2.36. The first-order chi connectivity index (χ1) is 26.9. The van der Waals surface area contributed by atoms with Crippen LogP contribution in [0.25, 0.3) is 0 Å². The van der Waals surface area contributed by atoms with Crippen LogP contribution in [0.1, 0.15) is 115 Å². The summed E-state index contributed by atoms with van der Waals surface area (Å²) in [4.78, 5) is 81.1. The normalized spacial score (nSPS) is 13.4. The van der Waals surface area contributed by atoms with Crippen molar-refractivity contribution in [2.24, 2.45) is 23.7 Å². The number of aliphatic hydroxyl groups is 1. The van der Waals surface area contributed by atoms with E-state index in [9.17, 15) is 33.9 Å². The molecule has 0 heterocycles. The summed E-state index contributed by atoms with van der Waals surface area (Å²) in [5.41, 5.74) is -0.478. The lowest BCUT2D eigenvalue weighted by Crippen LogP contribution is -2.55. The zero-order valence-electron chi connectivity index (χ0n) is 39.5. The molecule has 0 unspecified atom stereocenters. The van der Waals surface area contributed by atoms with Crippen molar-refractivity contribution in [3.63, 3.8) is 0 Å². The van der Waals surface area contributed by atoms with E-state index in [0.29, 0.717) is 12.8 Å². The molecule has 0 aliphatic rings. The molecule has 4 atom stereocenters. The van der Waals surface area contributed by atoms with Crippen molar-refractivity contribution in [2.45, 2.75) is 152 Å². The molecular formula is C44H78N4O11. The van der Waals surface area contributed by atoms with Gasteiger partial charge in [0.15, 0.2) is 0 Å². The molecule has 2 N–H and O–H groups in total. The van der Waals surface area contributed by atoms with E-state index in [4.69, 9.17) is 19.3 Å². The zero-order chi connectivity index (χ0) is 46.7. The number of aliphatic hydroxyl groups excluding tert-OH is 1. The summed E-state index contributed by atoms with van der Waals surface area (Å²) in [6.45, 7) is 25.8. The molecule has 0 saturated carbocycles. The predicted octanol–water partition coefficient (Wildman–Crippen LogP) is 6.94. The Morgan fingerprint density at radius 2 is 0.915 bits per heavy atom. The molecule has 1 rings (SSSR count). The number of carbonyl (C=O) groups excluding carboxylic acids is 5. The minimum Gasteiger partial charge on any atom is -0.480 e. The average molecular weight is 839 g/mol. The number of amides is 4. The molecule has 0 aromatic heterocycles. The molecular weight excluding hydrogens is 761 g/mol. The van der Waals surface area contributed by atoms with Crippen molar-refractivity contribution in [1.82, 2.24) is 19.6 Å². The highest BCUT2D eigenvalue weighted by Gasteiger charge is 2.39. The number of esters is 1. The molecule has 0 bridgehead atoms. The van der Waals surface area contributed by atoms with Gasteiger partial charge in [-0.2, -0.15) is 0 Å². The minimum atomic E-state index is -1.06. The van der Waals surface area contributed by atoms with Crippen LogP contribution in [-0.4, -0.2) is 136 Å². The lowest BCUT2D eigenvalue weighted by atomic mass is 9.98. The van der Waals surface area contributed by atoms with Crippen LogP contribution < -0.4 is 0 Å². The van der Waals surface area contributed by atoms with Gasteiger partial charge >= 0.3 is 24.1 Å². The van der Waals surface area contributed by atoms with Gasteiger partial charge < -0.3 is 34.2 Å². The lowest BCUT2D eigenvalue weighted by molar-refractivity contribution is -0.158. The van der Waals surface area contributed by atoms with Gasteiger partial charge in [-0.25, -0.2) is 19.2 Å². The van der Waals surface area contributed by atoms with E-state index >= 15 is 0 Å². The van der Waals surface area contributed by atoms with Crippen LogP contribution in [0.4, 0.5) is 9.59 Å². The van der Waals surface area contributed by atoms with Gasteiger partial charge in [-0.3, -0.25) is 19.4 Å². The van der Waals surface area contributed by atoms with Crippen LogP contribution in [0.15, 0.2) is 30.3 Å². The highest BCUT2D eigenvalue weighted by Crippen LogP contribution is 2.22. The third-order valence-electron chi connectivity index (χ3n) is 8.77. The Morgan fingerprint density at radius 3 is 1.20 bits per heavy atom. The maximum Gasteiger partial charge on any atom is 0.410 e. The standard InChI is InChI=1S/C25H40N2O5.C18H34N2O5.CH4O/c1-17(2)15-20(26(8)24(30)32-25(5,6)7)22(28)27(9)21(18(3)4)23(29)31-16-19-13-11-10-12-14-19;1-11(2)10-13(19(8)17(24)25-18(5,6)7)15(21)20(9)14(12(3)4)16(22)23;1-2/h10-14,17-18,20-21H,15-16H2,1-9H3;11-14H,10H2,1-9H3,(H,22,23);2H,1H3/t20-,21-;13-,14-;/m00./s1. The van der Waals surface area contributed by atoms with Crippen LogP contribution in [0, 0.1) is 23.7 Å². The van der Waals surface area contributed by atoms with E-state index < -0.39 is 65.4 Å². The van der Waals surface area contributed by atoms with Gasteiger partial charge in [0.05, 0.1) is 0 Å². The van der Waals surface area contributed by atoms with Gasteiger partial charge in [0.1, 0.15) is 42.0 Å². The van der Waals surface area contributed by atoms with Crippen LogP contribution in [0.5, 0.6) is 0 Å². The van der Waals surface area contributed by atoms with Gasteiger partial charge in [0, 0.05) is 35.3 Å². The number of hydrogen-bond acceptors (Lipinski definition) is 10. The molecule has 340 valence electrons. The molecule has 15 nitrogen and oxygen atoms in total. The summed E-state index contributed by atoms with van der Waals surface area (Å²) in [6, 6.07) is 6.15. The van der Waals surface area contributed by atoms with Gasteiger partial charge in [0.25, 0.3) is 0 Å². The average Bonchev–Trinajstić information content (AvgIpc) is 3.10. The van der Waals surface area contributed by atoms with Crippen LogP contribution >= 0.6 is 0 Å². The number of carboxylic acids is 1. The SMILES string of the molecule is CC(C)C[C@@H](C(=O)N(C)[C@H](C(=O)O)C(C)C)N(C)C(=O)OC(C)(C)C.CC(C)C[C@@H](C(=O)N(C)[C@H](C(=O)OCc1ccccc1)C(C)C)N(C)C(=O)OC(C)(C)C.CO. The Kier molecular flexibility index (Phi) is 24.9. The van der Waals surface area contributed by atoms with Gasteiger partial charge in [-0.15, -0.1) is 0 Å². The second-order valence-corrected chi connectivity index (χ2v) is 18.2. The minimum absolute atomic E-state index is 0.137. The van der Waals surface area contributed by atoms with Crippen molar-refractivity contribution >= 4 is 35.9 Å². The van der Waals surface area contributed by atoms with E-state index in [1.54, 1.807) is 69.5 Å². The monoisotopic (exact) mass is 839 g/mol. The summed E-state index contributed by atoms with van der Waals surface area (Å²) < 4.78 is 16.3. The van der Waals surface area contributed by atoms with Crippen LogP contribution in [0.3, 0.4) is 0 Å². The number of nitrogens with zero attached hydrogens (tertiary/aromatic N) is 4. The number of hydrogen-bond donors (Lipinski definition) is 2. The maximum atomic E-state index is 13.5. The highest BCUT2D eigenvalue weighted by atomic mass is 16.6. The Labute approximate surface area is 354 Å². The smallest absolute Gasteiger partial charge is 0.410 e. The number of ether oxygens (including phenoxy) is 3. The number of rotatable bonds is 16. The molecule has 0 radical (unpaired) electrons. The summed E-state index contributed by atoms with van der Waals surface area (Å²) in [5.74, 6) is -2.36. The molecule has 1 aromatic carbocycles. The Hall–Kier alpha value is -4.40. The summed E-state index contributed by atoms with van der Waals surface area (Å²) in [7, 11) is 7.13. The predicted molar refractivity (Wildman–Crippen MR) is 229 cm³/mol. The van der Waals surface area contributed by atoms with Crippen molar-refractivity contribution in [3.05, 3.63) is 35.9 Å². The molecule has 0 aliphatic carbocycles. The van der Waals surface area contributed by atoms with Crippen LogP contribution in [-0.2, 0) is 40.0 Å². The first-order valence-corrected chi connectivity index (χ1v) is 20.3. The quantitative estimate of drug-likeness (QED) is 0.130. The second kappa shape index (κ2) is 25.9. The fraction of sp³-hybridized carbons (Fsp3) is 0.727. The molecule has 0 spiro atoms. The zero-order valence-corrected chi connectivity index (χ0v) is 39.5. The largest absolute Gasteiger partial charge is 0.480 e. The third-order valence-corrected chi connectivity index (χ3v) is 8.77. The Morgan fingerprint density at radius 1 is 0.576 bits per heavy atom. The molecule has 0 fully saturated rings. The Bertz CT molecular complexity index is 1450. The van der Waals surface area contributed by atoms with Crippen LogP contribution in [0.2, 0.25) is 0 Å². The van der Waals surface area contributed by atoms with Crippen molar-refractivity contribution < 1.29 is 53.2 Å².